The molecule has 2 aromatic rings. The van der Waals surface area contributed by atoms with Crippen LogP contribution in [0.4, 0.5) is 11.4 Å². The predicted molar refractivity (Wildman–Crippen MR) is 102 cm³/mol. The zero-order valence-corrected chi connectivity index (χ0v) is 15.7. The van der Waals surface area contributed by atoms with Gasteiger partial charge in [-0.3, -0.25) is 10.1 Å². The first-order chi connectivity index (χ1) is 11.9. The minimum absolute atomic E-state index is 0.00919. The summed E-state index contributed by atoms with van der Waals surface area (Å²) >= 11 is 2.20. The Labute approximate surface area is 158 Å². The molecule has 1 N–H and O–H groups in total. The smallest absolute Gasteiger partial charge is 0.336 e. The Hall–Kier alpha value is -2.42. The Balaban J connectivity index is 2.25. The van der Waals surface area contributed by atoms with Gasteiger partial charge in [0.15, 0.2) is 0 Å². The van der Waals surface area contributed by atoms with Crippen molar-refractivity contribution in [2.24, 2.45) is 0 Å². The molecule has 1 heterocycles. The zero-order chi connectivity index (χ0) is 18.1. The molecule has 3 rings (SSSR count). The van der Waals surface area contributed by atoms with Crippen LogP contribution in [0, 0.1) is 13.7 Å². The number of anilines is 1. The van der Waals surface area contributed by atoms with E-state index in [0.29, 0.717) is 16.8 Å². The van der Waals surface area contributed by atoms with Crippen molar-refractivity contribution in [3.8, 4) is 0 Å². The maximum atomic E-state index is 12.4. The van der Waals surface area contributed by atoms with Crippen molar-refractivity contribution in [3.63, 3.8) is 0 Å². The van der Waals surface area contributed by atoms with Gasteiger partial charge >= 0.3 is 5.97 Å². The largest absolute Gasteiger partial charge is 0.466 e. The fourth-order valence-electron chi connectivity index (χ4n) is 3.07. The maximum Gasteiger partial charge on any atom is 0.336 e. The third kappa shape index (κ3) is 3.23. The molecule has 1 aliphatic heterocycles. The van der Waals surface area contributed by atoms with Crippen LogP contribution < -0.4 is 5.32 Å². The van der Waals surface area contributed by atoms with Gasteiger partial charge in [0.2, 0.25) is 0 Å². The standard InChI is InChI=1S/C18H15IN2O4/c1-10-16(18(22)25-2)17(11-4-3-5-13(8-11)21(23)24)14-9-12(19)6-7-15(14)20-10/h3-9,17,20H,1-2H3. The van der Waals surface area contributed by atoms with Gasteiger partial charge < -0.3 is 10.1 Å². The van der Waals surface area contributed by atoms with Crippen molar-refractivity contribution in [2.75, 3.05) is 12.4 Å². The number of rotatable bonds is 3. The highest BCUT2D eigenvalue weighted by Crippen LogP contribution is 2.43. The van der Waals surface area contributed by atoms with Crippen molar-refractivity contribution in [1.82, 2.24) is 0 Å². The number of nitrogens with zero attached hydrogens (tertiary/aromatic N) is 1. The number of benzene rings is 2. The van der Waals surface area contributed by atoms with Gasteiger partial charge in [-0.2, -0.15) is 0 Å². The number of methoxy groups -OCH3 is 1. The molecule has 0 amide bonds. The monoisotopic (exact) mass is 450 g/mol. The topological polar surface area (TPSA) is 81.5 Å². The van der Waals surface area contributed by atoms with Gasteiger partial charge in [0.25, 0.3) is 5.69 Å². The van der Waals surface area contributed by atoms with Gasteiger partial charge in [0, 0.05) is 33.0 Å². The predicted octanol–water partition coefficient (Wildman–Crippen LogP) is 4.20. The molecule has 0 spiro atoms. The van der Waals surface area contributed by atoms with E-state index in [9.17, 15) is 14.9 Å². The summed E-state index contributed by atoms with van der Waals surface area (Å²) < 4.78 is 5.97. The second kappa shape index (κ2) is 6.83. The summed E-state index contributed by atoms with van der Waals surface area (Å²) in [5.41, 5.74) is 3.57. The first-order valence-electron chi connectivity index (χ1n) is 7.52. The lowest BCUT2D eigenvalue weighted by atomic mass is 9.80. The first kappa shape index (κ1) is 17.4. The maximum absolute atomic E-state index is 12.4. The average Bonchev–Trinajstić information content (AvgIpc) is 2.60. The lowest BCUT2D eigenvalue weighted by Crippen LogP contribution is -2.24. The molecule has 128 valence electrons. The quantitative estimate of drug-likeness (QED) is 0.328. The van der Waals surface area contributed by atoms with Crippen LogP contribution in [0.5, 0.6) is 0 Å². The van der Waals surface area contributed by atoms with E-state index in [1.54, 1.807) is 19.1 Å². The number of hydrogen-bond donors (Lipinski definition) is 1. The Bertz CT molecular complexity index is 908. The number of halogens is 1. The van der Waals surface area contributed by atoms with E-state index < -0.39 is 16.8 Å². The normalized spacial score (nSPS) is 16.0. The molecule has 2 aromatic carbocycles. The van der Waals surface area contributed by atoms with Crippen LogP contribution in [-0.4, -0.2) is 18.0 Å². The number of nitrogens with one attached hydrogen (secondary N) is 1. The van der Waals surface area contributed by atoms with E-state index in [-0.39, 0.29) is 5.69 Å². The number of nitro benzene ring substituents is 1. The van der Waals surface area contributed by atoms with E-state index in [0.717, 1.165) is 14.8 Å². The lowest BCUT2D eigenvalue weighted by molar-refractivity contribution is -0.384. The van der Waals surface area contributed by atoms with Gasteiger partial charge in [-0.15, -0.1) is 0 Å². The summed E-state index contributed by atoms with van der Waals surface area (Å²) in [6.07, 6.45) is 0. The van der Waals surface area contributed by atoms with Crippen LogP contribution in [0.15, 0.2) is 53.7 Å². The highest BCUT2D eigenvalue weighted by Gasteiger charge is 2.33. The van der Waals surface area contributed by atoms with Crippen LogP contribution in [0.25, 0.3) is 0 Å². The Morgan fingerprint density at radius 3 is 2.72 bits per heavy atom. The second-order valence-electron chi connectivity index (χ2n) is 5.67. The number of ether oxygens (including phenoxy) is 1. The average molecular weight is 450 g/mol. The van der Waals surface area contributed by atoms with Crippen LogP contribution in [0.2, 0.25) is 0 Å². The lowest BCUT2D eigenvalue weighted by Gasteiger charge is -2.30. The summed E-state index contributed by atoms with van der Waals surface area (Å²) in [5, 5.41) is 14.4. The molecule has 7 heteroatoms. The van der Waals surface area contributed by atoms with Crippen molar-refractivity contribution >= 4 is 39.9 Å². The molecule has 0 radical (unpaired) electrons. The molecule has 0 bridgehead atoms. The molecule has 0 aromatic heterocycles. The molecule has 0 saturated carbocycles. The van der Waals surface area contributed by atoms with E-state index in [1.807, 2.05) is 18.2 Å². The highest BCUT2D eigenvalue weighted by molar-refractivity contribution is 14.1. The molecular formula is C18H15IN2O4. The number of allylic oxidation sites excluding steroid dienone is 1. The van der Waals surface area contributed by atoms with Crippen molar-refractivity contribution < 1.29 is 14.5 Å². The third-order valence-corrected chi connectivity index (χ3v) is 4.83. The number of hydrogen-bond acceptors (Lipinski definition) is 5. The van der Waals surface area contributed by atoms with E-state index in [4.69, 9.17) is 4.74 Å². The summed E-state index contributed by atoms with van der Waals surface area (Å²) in [6, 6.07) is 12.3. The van der Waals surface area contributed by atoms with Gasteiger partial charge in [0.1, 0.15) is 0 Å². The molecule has 25 heavy (non-hydrogen) atoms. The molecule has 0 aliphatic carbocycles. The molecule has 1 atom stereocenters. The number of nitro groups is 1. The van der Waals surface area contributed by atoms with Gasteiger partial charge in [0.05, 0.1) is 17.6 Å². The zero-order valence-electron chi connectivity index (χ0n) is 13.6. The fourth-order valence-corrected chi connectivity index (χ4v) is 3.59. The first-order valence-corrected chi connectivity index (χ1v) is 8.60. The van der Waals surface area contributed by atoms with Crippen molar-refractivity contribution in [3.05, 3.63) is 78.5 Å². The van der Waals surface area contributed by atoms with Crippen LogP contribution in [0.1, 0.15) is 24.0 Å². The molecule has 1 aliphatic rings. The van der Waals surface area contributed by atoms with Crippen LogP contribution >= 0.6 is 22.6 Å². The molecule has 0 fully saturated rings. The minimum atomic E-state index is -0.453. The van der Waals surface area contributed by atoms with Gasteiger partial charge in [-0.1, -0.05) is 12.1 Å². The SMILES string of the molecule is COC(=O)C1=C(C)Nc2ccc(I)cc2C1c1cccc([N+](=O)[O-])c1. The van der Waals surface area contributed by atoms with E-state index in [2.05, 4.69) is 27.9 Å². The van der Waals surface area contributed by atoms with Crippen molar-refractivity contribution in [2.45, 2.75) is 12.8 Å². The Morgan fingerprint density at radius 1 is 1.28 bits per heavy atom. The van der Waals surface area contributed by atoms with E-state index >= 15 is 0 Å². The summed E-state index contributed by atoms with van der Waals surface area (Å²) in [6.45, 7) is 1.80. The third-order valence-electron chi connectivity index (χ3n) is 4.16. The highest BCUT2D eigenvalue weighted by atomic mass is 127. The van der Waals surface area contributed by atoms with E-state index in [1.165, 1.54) is 19.2 Å². The summed E-state index contributed by atoms with van der Waals surface area (Å²) in [7, 11) is 1.33. The summed E-state index contributed by atoms with van der Waals surface area (Å²) in [5.74, 6) is -0.885. The Kier molecular flexibility index (Phi) is 4.76. The minimum Gasteiger partial charge on any atom is -0.466 e. The van der Waals surface area contributed by atoms with Crippen LogP contribution in [0.3, 0.4) is 0 Å². The summed E-state index contributed by atoms with van der Waals surface area (Å²) in [4.78, 5) is 23.1. The Morgan fingerprint density at radius 2 is 2.04 bits per heavy atom. The fraction of sp³-hybridized carbons (Fsp3) is 0.167. The number of carbonyl (C=O) groups excluding carboxylic acids is 1. The number of fused-ring (bicyclic) bond motifs is 1. The molecular weight excluding hydrogens is 435 g/mol. The van der Waals surface area contributed by atoms with Gasteiger partial charge in [-0.05, 0) is 58.8 Å². The number of non-ortho nitro benzene ring substituents is 1. The molecule has 1 unspecified atom stereocenters. The number of carbonyl (C=O) groups is 1. The second-order valence-corrected chi connectivity index (χ2v) is 6.92. The molecule has 0 saturated heterocycles. The van der Waals surface area contributed by atoms with Crippen molar-refractivity contribution in [1.29, 1.82) is 0 Å². The number of esters is 1. The van der Waals surface area contributed by atoms with Gasteiger partial charge in [-0.25, -0.2) is 4.79 Å². The molecule has 6 nitrogen and oxygen atoms in total. The van der Waals surface area contributed by atoms with Crippen LogP contribution in [-0.2, 0) is 9.53 Å².